The van der Waals surface area contributed by atoms with Gasteiger partial charge in [-0.15, -0.1) is 0 Å². The van der Waals surface area contributed by atoms with Crippen LogP contribution in [0.25, 0.3) is 0 Å². The number of nitrogens with zero attached hydrogens (tertiary/aromatic N) is 4. The normalized spacial score (nSPS) is 25.7. The summed E-state index contributed by atoms with van der Waals surface area (Å²) in [4.78, 5) is 4.94. The molecule has 2 aromatic heterocycles. The van der Waals surface area contributed by atoms with Crippen molar-refractivity contribution in [2.75, 3.05) is 13.1 Å². The van der Waals surface area contributed by atoms with Crippen LogP contribution in [0.5, 0.6) is 0 Å². The monoisotopic (exact) mass is 377 g/mol. The smallest absolute Gasteiger partial charge is 0.248 e. The van der Waals surface area contributed by atoms with Gasteiger partial charge in [-0.05, 0) is 44.9 Å². The molecule has 0 aromatic carbocycles. The molecule has 1 unspecified atom stereocenters. The van der Waals surface area contributed by atoms with Gasteiger partial charge in [0, 0.05) is 24.9 Å². The van der Waals surface area contributed by atoms with E-state index in [1.54, 1.807) is 18.2 Å². The SMILES string of the molecule is Cc1noc(C)c1S(=O)(=O)N1CC(c2nc(C3CC3)n[nH]2)C2(CCC2)C1. The number of aromatic amines is 1. The van der Waals surface area contributed by atoms with E-state index in [4.69, 9.17) is 9.51 Å². The van der Waals surface area contributed by atoms with Gasteiger partial charge >= 0.3 is 0 Å². The molecule has 0 radical (unpaired) electrons. The highest BCUT2D eigenvalue weighted by atomic mass is 32.2. The fourth-order valence-corrected chi connectivity index (χ4v) is 6.40. The lowest BCUT2D eigenvalue weighted by Gasteiger charge is -2.42. The van der Waals surface area contributed by atoms with Gasteiger partial charge in [-0.1, -0.05) is 11.6 Å². The molecule has 0 amide bonds. The molecule has 140 valence electrons. The molecule has 1 spiro atoms. The first-order chi connectivity index (χ1) is 12.4. The summed E-state index contributed by atoms with van der Waals surface area (Å²) < 4.78 is 33.2. The van der Waals surface area contributed by atoms with Crippen LogP contribution in [-0.4, -0.2) is 46.2 Å². The van der Waals surface area contributed by atoms with Crippen LogP contribution in [0.15, 0.2) is 9.42 Å². The first-order valence-electron chi connectivity index (χ1n) is 9.26. The van der Waals surface area contributed by atoms with Gasteiger partial charge in [-0.25, -0.2) is 13.4 Å². The van der Waals surface area contributed by atoms with E-state index in [1.807, 2.05) is 0 Å². The highest BCUT2D eigenvalue weighted by Gasteiger charge is 2.55. The van der Waals surface area contributed by atoms with Crippen molar-refractivity contribution >= 4 is 10.0 Å². The van der Waals surface area contributed by atoms with Crippen LogP contribution in [0.3, 0.4) is 0 Å². The van der Waals surface area contributed by atoms with Crippen molar-refractivity contribution in [2.24, 2.45) is 5.41 Å². The molecule has 3 heterocycles. The lowest BCUT2D eigenvalue weighted by atomic mass is 9.62. The molecule has 2 aliphatic carbocycles. The fourth-order valence-electron chi connectivity index (χ4n) is 4.56. The third-order valence-electron chi connectivity index (χ3n) is 6.32. The Morgan fingerprint density at radius 2 is 2.04 bits per heavy atom. The Labute approximate surface area is 152 Å². The first kappa shape index (κ1) is 16.4. The standard InChI is InChI=1S/C17H23N5O3S/c1-10-14(11(2)25-21-10)26(23,24)22-8-13(17(9-22)6-3-7-17)16-18-15(19-20-16)12-4-5-12/h12-13H,3-9H2,1-2H3,(H,18,19,20). The number of nitrogens with one attached hydrogen (secondary N) is 1. The molecule has 1 aliphatic heterocycles. The predicted molar refractivity (Wildman–Crippen MR) is 92.1 cm³/mol. The third kappa shape index (κ3) is 2.29. The molecule has 2 aromatic rings. The van der Waals surface area contributed by atoms with E-state index >= 15 is 0 Å². The molecule has 1 saturated heterocycles. The van der Waals surface area contributed by atoms with Crippen LogP contribution >= 0.6 is 0 Å². The van der Waals surface area contributed by atoms with Crippen molar-refractivity contribution in [3.8, 4) is 0 Å². The van der Waals surface area contributed by atoms with Crippen LogP contribution in [0.4, 0.5) is 0 Å². The van der Waals surface area contributed by atoms with Gasteiger partial charge in [0.1, 0.15) is 16.4 Å². The molecule has 2 saturated carbocycles. The largest absolute Gasteiger partial charge is 0.360 e. The second-order valence-corrected chi connectivity index (χ2v) is 9.95. The Morgan fingerprint density at radius 3 is 2.62 bits per heavy atom. The number of aryl methyl sites for hydroxylation is 2. The summed E-state index contributed by atoms with van der Waals surface area (Å²) in [5.74, 6) is 2.65. The zero-order valence-electron chi connectivity index (χ0n) is 15.0. The Bertz CT molecular complexity index is 935. The topological polar surface area (TPSA) is 105 Å². The number of hydrogen-bond acceptors (Lipinski definition) is 6. The lowest BCUT2D eigenvalue weighted by molar-refractivity contribution is 0.127. The van der Waals surface area contributed by atoms with Crippen LogP contribution < -0.4 is 0 Å². The third-order valence-corrected chi connectivity index (χ3v) is 8.38. The van der Waals surface area contributed by atoms with Crippen molar-refractivity contribution in [1.82, 2.24) is 24.6 Å². The molecular weight excluding hydrogens is 354 g/mol. The summed E-state index contributed by atoms with van der Waals surface area (Å²) in [5.41, 5.74) is 0.399. The number of H-pyrrole nitrogens is 1. The van der Waals surface area contributed by atoms with Crippen molar-refractivity contribution in [2.45, 2.75) is 62.7 Å². The minimum absolute atomic E-state index is 0.0214. The highest BCUT2D eigenvalue weighted by molar-refractivity contribution is 7.89. The van der Waals surface area contributed by atoms with E-state index in [-0.39, 0.29) is 16.2 Å². The van der Waals surface area contributed by atoms with E-state index in [0.29, 0.717) is 30.5 Å². The number of sulfonamides is 1. The summed E-state index contributed by atoms with van der Waals surface area (Å²) in [5, 5.41) is 11.3. The van der Waals surface area contributed by atoms with Crippen molar-refractivity contribution in [1.29, 1.82) is 0 Å². The molecular formula is C17H23N5O3S. The predicted octanol–water partition coefficient (Wildman–Crippen LogP) is 2.25. The average molecular weight is 377 g/mol. The van der Waals surface area contributed by atoms with E-state index in [1.165, 1.54) is 0 Å². The molecule has 1 atom stereocenters. The zero-order valence-corrected chi connectivity index (χ0v) is 15.8. The molecule has 3 fully saturated rings. The summed E-state index contributed by atoms with van der Waals surface area (Å²) in [6.45, 7) is 4.29. The van der Waals surface area contributed by atoms with E-state index < -0.39 is 10.0 Å². The second-order valence-electron chi connectivity index (χ2n) is 8.07. The van der Waals surface area contributed by atoms with Crippen LogP contribution in [-0.2, 0) is 10.0 Å². The van der Waals surface area contributed by atoms with Crippen LogP contribution in [0.2, 0.25) is 0 Å². The van der Waals surface area contributed by atoms with Gasteiger partial charge in [0.2, 0.25) is 10.0 Å². The molecule has 26 heavy (non-hydrogen) atoms. The Kier molecular flexibility index (Phi) is 3.40. The quantitative estimate of drug-likeness (QED) is 0.876. The Morgan fingerprint density at radius 1 is 1.27 bits per heavy atom. The number of aromatic nitrogens is 4. The Balaban J connectivity index is 1.49. The molecule has 3 aliphatic rings. The van der Waals surface area contributed by atoms with Gasteiger partial charge < -0.3 is 4.52 Å². The summed E-state index contributed by atoms with van der Waals surface area (Å²) >= 11 is 0. The number of hydrogen-bond donors (Lipinski definition) is 1. The highest BCUT2D eigenvalue weighted by Crippen LogP contribution is 2.56. The molecule has 8 nitrogen and oxygen atoms in total. The molecule has 5 rings (SSSR count). The maximum atomic E-state index is 13.2. The van der Waals surface area contributed by atoms with Gasteiger partial charge in [-0.2, -0.15) is 9.40 Å². The van der Waals surface area contributed by atoms with Crippen molar-refractivity contribution in [3.05, 3.63) is 23.1 Å². The van der Waals surface area contributed by atoms with Gasteiger partial charge in [0.25, 0.3) is 0 Å². The molecule has 1 N–H and O–H groups in total. The minimum Gasteiger partial charge on any atom is -0.360 e. The zero-order chi connectivity index (χ0) is 18.1. The molecule has 0 bridgehead atoms. The van der Waals surface area contributed by atoms with E-state index in [0.717, 1.165) is 43.8 Å². The summed E-state index contributed by atoms with van der Waals surface area (Å²) in [7, 11) is -3.63. The van der Waals surface area contributed by atoms with E-state index in [9.17, 15) is 8.42 Å². The molecule has 9 heteroatoms. The van der Waals surface area contributed by atoms with Crippen molar-refractivity contribution < 1.29 is 12.9 Å². The Hall–Kier alpha value is -1.74. The number of rotatable bonds is 4. The summed E-state index contributed by atoms with van der Waals surface area (Å²) in [6, 6.07) is 0. The second kappa shape index (κ2) is 5.39. The average Bonchev–Trinajstić information content (AvgIpc) is 3.01. The van der Waals surface area contributed by atoms with Crippen LogP contribution in [0, 0.1) is 19.3 Å². The van der Waals surface area contributed by atoms with Crippen LogP contribution in [0.1, 0.15) is 67.0 Å². The lowest BCUT2D eigenvalue weighted by Crippen LogP contribution is -2.38. The minimum atomic E-state index is -3.63. The fraction of sp³-hybridized carbons (Fsp3) is 0.706. The van der Waals surface area contributed by atoms with Crippen molar-refractivity contribution in [3.63, 3.8) is 0 Å². The maximum absolute atomic E-state index is 13.2. The van der Waals surface area contributed by atoms with E-state index in [2.05, 4.69) is 15.4 Å². The van der Waals surface area contributed by atoms with Gasteiger partial charge in [-0.3, -0.25) is 5.10 Å². The van der Waals surface area contributed by atoms with Gasteiger partial charge in [0.05, 0.1) is 0 Å². The van der Waals surface area contributed by atoms with Gasteiger partial charge in [0.15, 0.2) is 11.6 Å². The summed E-state index contributed by atoms with van der Waals surface area (Å²) in [6.07, 6.45) is 5.51. The maximum Gasteiger partial charge on any atom is 0.248 e. The first-order valence-corrected chi connectivity index (χ1v) is 10.7.